The Morgan fingerprint density at radius 1 is 1.40 bits per heavy atom. The SMILES string of the molecule is CCS(=O)(=O)CCCN(CC(=O)O)C1CCS(=O)(=O)C1. The molecule has 0 amide bonds. The van der Waals surface area contributed by atoms with E-state index < -0.39 is 25.6 Å². The standard InChI is InChI=1S/C11H21NO6S2/c1-2-19(15,16)6-3-5-12(8-11(13)14)10-4-7-20(17,18)9-10/h10H,2-9H2,1H3,(H,13,14). The van der Waals surface area contributed by atoms with E-state index in [-0.39, 0.29) is 42.1 Å². The third kappa shape index (κ3) is 5.76. The molecule has 0 radical (unpaired) electrons. The van der Waals surface area contributed by atoms with Gasteiger partial charge in [-0.3, -0.25) is 9.69 Å². The zero-order chi connectivity index (χ0) is 15.4. The van der Waals surface area contributed by atoms with Gasteiger partial charge in [0.15, 0.2) is 9.84 Å². The van der Waals surface area contributed by atoms with Crippen LogP contribution < -0.4 is 0 Å². The van der Waals surface area contributed by atoms with Crippen molar-refractivity contribution in [1.29, 1.82) is 0 Å². The summed E-state index contributed by atoms with van der Waals surface area (Å²) in [7, 11) is -6.17. The monoisotopic (exact) mass is 327 g/mol. The molecule has 1 unspecified atom stereocenters. The quantitative estimate of drug-likeness (QED) is 0.633. The maximum Gasteiger partial charge on any atom is 0.317 e. The molecule has 1 fully saturated rings. The van der Waals surface area contributed by atoms with Gasteiger partial charge >= 0.3 is 5.97 Å². The number of carboxylic acids is 1. The minimum atomic E-state index is -3.09. The maximum absolute atomic E-state index is 11.4. The van der Waals surface area contributed by atoms with Crippen LogP contribution in [0.15, 0.2) is 0 Å². The summed E-state index contributed by atoms with van der Waals surface area (Å²) in [6.07, 6.45) is 0.732. The highest BCUT2D eigenvalue weighted by atomic mass is 32.2. The lowest BCUT2D eigenvalue weighted by Gasteiger charge is -2.26. The van der Waals surface area contributed by atoms with Crippen LogP contribution in [0.3, 0.4) is 0 Å². The Bertz CT molecular complexity index is 539. The molecule has 0 aromatic rings. The number of carboxylic acid groups (broad SMARTS) is 1. The van der Waals surface area contributed by atoms with Gasteiger partial charge in [0.05, 0.1) is 23.8 Å². The van der Waals surface area contributed by atoms with Crippen molar-refractivity contribution in [2.45, 2.75) is 25.8 Å². The molecule has 1 atom stereocenters. The highest BCUT2D eigenvalue weighted by molar-refractivity contribution is 7.91. The summed E-state index contributed by atoms with van der Waals surface area (Å²) in [5, 5.41) is 8.87. The second-order valence-electron chi connectivity index (χ2n) is 5.01. The third-order valence-corrected chi connectivity index (χ3v) is 6.94. The average molecular weight is 327 g/mol. The fraction of sp³-hybridized carbons (Fsp3) is 0.909. The first-order chi connectivity index (χ1) is 9.15. The van der Waals surface area contributed by atoms with E-state index in [1.165, 1.54) is 0 Å². The normalized spacial score (nSPS) is 22.2. The lowest BCUT2D eigenvalue weighted by atomic mass is 10.2. The number of aliphatic carboxylic acids is 1. The zero-order valence-electron chi connectivity index (χ0n) is 11.5. The van der Waals surface area contributed by atoms with Gasteiger partial charge < -0.3 is 5.11 Å². The molecule has 1 rings (SSSR count). The van der Waals surface area contributed by atoms with Gasteiger partial charge in [-0.05, 0) is 12.8 Å². The number of nitrogens with zero attached hydrogens (tertiary/aromatic N) is 1. The molecule has 0 aliphatic carbocycles. The summed E-state index contributed by atoms with van der Waals surface area (Å²) in [6, 6.07) is -0.319. The van der Waals surface area contributed by atoms with Gasteiger partial charge in [-0.1, -0.05) is 6.92 Å². The van der Waals surface area contributed by atoms with Crippen LogP contribution in [0.1, 0.15) is 19.8 Å². The van der Waals surface area contributed by atoms with Crippen molar-refractivity contribution < 1.29 is 26.7 Å². The van der Waals surface area contributed by atoms with E-state index >= 15 is 0 Å². The summed E-state index contributed by atoms with van der Waals surface area (Å²) in [5.41, 5.74) is 0. The number of hydrogen-bond acceptors (Lipinski definition) is 6. The first-order valence-electron chi connectivity index (χ1n) is 6.52. The molecule has 0 saturated carbocycles. The van der Waals surface area contributed by atoms with Gasteiger partial charge in [0.25, 0.3) is 0 Å². The van der Waals surface area contributed by atoms with Crippen LogP contribution in [0.5, 0.6) is 0 Å². The second-order valence-corrected chi connectivity index (χ2v) is 9.71. The minimum absolute atomic E-state index is 0.000904. The Balaban J connectivity index is 2.59. The van der Waals surface area contributed by atoms with Crippen LogP contribution in [0.2, 0.25) is 0 Å². The van der Waals surface area contributed by atoms with Crippen molar-refractivity contribution in [3.05, 3.63) is 0 Å². The van der Waals surface area contributed by atoms with Crippen LogP contribution in [0, 0.1) is 0 Å². The number of carbonyl (C=O) groups is 1. The van der Waals surface area contributed by atoms with Crippen molar-refractivity contribution in [3.8, 4) is 0 Å². The van der Waals surface area contributed by atoms with Gasteiger partial charge in [0, 0.05) is 18.3 Å². The van der Waals surface area contributed by atoms with Crippen LogP contribution in [0.4, 0.5) is 0 Å². The summed E-state index contributed by atoms with van der Waals surface area (Å²) in [6.45, 7) is 1.59. The van der Waals surface area contributed by atoms with Crippen molar-refractivity contribution >= 4 is 25.6 Å². The Kier molecular flexibility index (Phi) is 5.96. The molecule has 1 saturated heterocycles. The zero-order valence-corrected chi connectivity index (χ0v) is 13.1. The first-order valence-corrected chi connectivity index (χ1v) is 10.2. The smallest absolute Gasteiger partial charge is 0.317 e. The molecule has 0 aromatic carbocycles. The van der Waals surface area contributed by atoms with Gasteiger partial charge in [-0.15, -0.1) is 0 Å². The number of sulfone groups is 2. The molecule has 1 aliphatic rings. The molecule has 0 aromatic heterocycles. The molecule has 118 valence electrons. The van der Waals surface area contributed by atoms with E-state index in [2.05, 4.69) is 0 Å². The van der Waals surface area contributed by atoms with Crippen molar-refractivity contribution in [3.63, 3.8) is 0 Å². The van der Waals surface area contributed by atoms with E-state index in [0.29, 0.717) is 12.8 Å². The first kappa shape index (κ1) is 17.4. The molecular weight excluding hydrogens is 306 g/mol. The van der Waals surface area contributed by atoms with E-state index in [4.69, 9.17) is 5.11 Å². The largest absolute Gasteiger partial charge is 0.480 e. The van der Waals surface area contributed by atoms with Gasteiger partial charge in [0.2, 0.25) is 0 Å². The van der Waals surface area contributed by atoms with E-state index in [9.17, 15) is 21.6 Å². The summed E-state index contributed by atoms with van der Waals surface area (Å²) < 4.78 is 45.7. The van der Waals surface area contributed by atoms with Crippen molar-refractivity contribution in [2.24, 2.45) is 0 Å². The molecule has 1 N–H and O–H groups in total. The molecule has 0 spiro atoms. The highest BCUT2D eigenvalue weighted by Gasteiger charge is 2.32. The van der Waals surface area contributed by atoms with Crippen molar-refractivity contribution in [2.75, 3.05) is 36.1 Å². The molecule has 9 heteroatoms. The Morgan fingerprint density at radius 2 is 2.05 bits per heavy atom. The molecule has 7 nitrogen and oxygen atoms in total. The Labute approximate surface area is 119 Å². The van der Waals surface area contributed by atoms with Crippen LogP contribution in [-0.4, -0.2) is 75.0 Å². The Morgan fingerprint density at radius 3 is 2.50 bits per heavy atom. The second kappa shape index (κ2) is 6.86. The predicted octanol–water partition coefficient (Wildman–Crippen LogP) is -0.615. The predicted molar refractivity (Wildman–Crippen MR) is 75.2 cm³/mol. The lowest BCUT2D eigenvalue weighted by molar-refractivity contribution is -0.138. The van der Waals surface area contributed by atoms with Crippen LogP contribution >= 0.6 is 0 Å². The maximum atomic E-state index is 11.4. The third-order valence-electron chi connectivity index (χ3n) is 3.40. The van der Waals surface area contributed by atoms with E-state index in [1.54, 1.807) is 11.8 Å². The molecule has 0 bridgehead atoms. The van der Waals surface area contributed by atoms with E-state index in [0.717, 1.165) is 0 Å². The molecule has 20 heavy (non-hydrogen) atoms. The van der Waals surface area contributed by atoms with Crippen LogP contribution in [0.25, 0.3) is 0 Å². The van der Waals surface area contributed by atoms with Gasteiger partial charge in [0.1, 0.15) is 9.84 Å². The molecule has 1 heterocycles. The lowest BCUT2D eigenvalue weighted by Crippen LogP contribution is -2.41. The van der Waals surface area contributed by atoms with Crippen molar-refractivity contribution in [1.82, 2.24) is 4.90 Å². The fourth-order valence-corrected chi connectivity index (χ4v) is 4.88. The fourth-order valence-electron chi connectivity index (χ4n) is 2.26. The molecular formula is C11H21NO6S2. The topological polar surface area (TPSA) is 109 Å². The van der Waals surface area contributed by atoms with Crippen LogP contribution in [-0.2, 0) is 24.5 Å². The number of hydrogen-bond donors (Lipinski definition) is 1. The summed E-state index contributed by atoms with van der Waals surface area (Å²) in [5.74, 6) is -0.947. The summed E-state index contributed by atoms with van der Waals surface area (Å²) in [4.78, 5) is 12.4. The number of rotatable bonds is 8. The Hall–Kier alpha value is -0.670. The van der Waals surface area contributed by atoms with Gasteiger partial charge in [-0.25, -0.2) is 16.8 Å². The minimum Gasteiger partial charge on any atom is -0.480 e. The highest BCUT2D eigenvalue weighted by Crippen LogP contribution is 2.18. The molecule has 1 aliphatic heterocycles. The van der Waals surface area contributed by atoms with Gasteiger partial charge in [-0.2, -0.15) is 0 Å². The average Bonchev–Trinajstić information content (AvgIpc) is 2.68. The van der Waals surface area contributed by atoms with E-state index in [1.807, 2.05) is 0 Å². The summed E-state index contributed by atoms with van der Waals surface area (Å²) >= 11 is 0.